The Morgan fingerprint density at radius 2 is 1.71 bits per heavy atom. The molecule has 0 saturated carbocycles. The van der Waals surface area contributed by atoms with Crippen molar-refractivity contribution in [3.8, 4) is 0 Å². The standard InChI is InChI=1S/C10H21N3O6S2/c1-9(2)10(14)11-5-7-19-8-6-12-21(17,18)13(3)20(4,15)16/h12H,1,5-8H2,2-4H3,(H,11,14). The van der Waals surface area contributed by atoms with Crippen molar-refractivity contribution in [3.05, 3.63) is 12.2 Å². The largest absolute Gasteiger partial charge is 0.378 e. The van der Waals surface area contributed by atoms with Gasteiger partial charge < -0.3 is 10.1 Å². The van der Waals surface area contributed by atoms with Gasteiger partial charge in [0.2, 0.25) is 15.9 Å². The average molecular weight is 343 g/mol. The van der Waals surface area contributed by atoms with Gasteiger partial charge in [-0.15, -0.1) is 0 Å². The molecule has 0 unspecified atom stereocenters. The third kappa shape index (κ3) is 8.12. The molecule has 0 fully saturated rings. The first-order chi connectivity index (χ1) is 9.48. The molecule has 0 bridgehead atoms. The summed E-state index contributed by atoms with van der Waals surface area (Å²) >= 11 is 0. The Kier molecular flexibility index (Phi) is 8.03. The zero-order chi connectivity index (χ0) is 16.7. The summed E-state index contributed by atoms with van der Waals surface area (Å²) in [6, 6.07) is 0. The Morgan fingerprint density at radius 3 is 2.19 bits per heavy atom. The van der Waals surface area contributed by atoms with Crippen LogP contribution < -0.4 is 10.0 Å². The number of nitrogens with one attached hydrogen (secondary N) is 2. The summed E-state index contributed by atoms with van der Waals surface area (Å²) < 4.78 is 52.7. The minimum absolute atomic E-state index is 0.0414. The summed E-state index contributed by atoms with van der Waals surface area (Å²) in [7, 11) is -7.01. The molecule has 0 aliphatic rings. The van der Waals surface area contributed by atoms with Gasteiger partial charge in [0.05, 0.1) is 19.5 Å². The molecule has 0 aromatic carbocycles. The quantitative estimate of drug-likeness (QED) is 0.365. The summed E-state index contributed by atoms with van der Waals surface area (Å²) in [4.78, 5) is 11.1. The second-order valence-electron chi connectivity index (χ2n) is 4.19. The van der Waals surface area contributed by atoms with Gasteiger partial charge in [-0.2, -0.15) is 13.1 Å². The van der Waals surface area contributed by atoms with Crippen molar-refractivity contribution < 1.29 is 26.4 Å². The average Bonchev–Trinajstić information content (AvgIpc) is 2.35. The molecule has 124 valence electrons. The first-order valence-electron chi connectivity index (χ1n) is 5.93. The van der Waals surface area contributed by atoms with E-state index in [1.165, 1.54) is 0 Å². The molecule has 11 heteroatoms. The lowest BCUT2D eigenvalue weighted by Gasteiger charge is -2.15. The smallest absolute Gasteiger partial charge is 0.292 e. The molecular formula is C10H21N3O6S2. The number of amides is 1. The van der Waals surface area contributed by atoms with E-state index in [1.54, 1.807) is 6.92 Å². The van der Waals surface area contributed by atoms with Crippen LogP contribution in [0.25, 0.3) is 0 Å². The van der Waals surface area contributed by atoms with Crippen molar-refractivity contribution in [2.24, 2.45) is 0 Å². The van der Waals surface area contributed by atoms with Crippen LogP contribution in [0.1, 0.15) is 6.92 Å². The minimum atomic E-state index is -4.10. The maximum atomic E-state index is 11.5. The predicted octanol–water partition coefficient (Wildman–Crippen LogP) is -1.58. The SMILES string of the molecule is C=C(C)C(=O)NCCOCCNS(=O)(=O)N(C)S(C)(=O)=O. The lowest BCUT2D eigenvalue weighted by molar-refractivity contribution is -0.117. The molecule has 0 radical (unpaired) electrons. The molecule has 0 aromatic heterocycles. The molecule has 0 aliphatic heterocycles. The van der Waals surface area contributed by atoms with E-state index >= 15 is 0 Å². The van der Waals surface area contributed by atoms with Gasteiger partial charge in [0.1, 0.15) is 0 Å². The van der Waals surface area contributed by atoms with Crippen molar-refractivity contribution in [2.45, 2.75) is 6.92 Å². The van der Waals surface area contributed by atoms with E-state index in [4.69, 9.17) is 4.74 Å². The highest BCUT2D eigenvalue weighted by atomic mass is 32.3. The van der Waals surface area contributed by atoms with Gasteiger partial charge in [0.25, 0.3) is 10.2 Å². The van der Waals surface area contributed by atoms with Crippen molar-refractivity contribution >= 4 is 26.1 Å². The van der Waals surface area contributed by atoms with Crippen molar-refractivity contribution in [1.29, 1.82) is 0 Å². The third-order valence-corrected chi connectivity index (χ3v) is 5.84. The molecule has 0 rings (SSSR count). The van der Waals surface area contributed by atoms with E-state index < -0.39 is 20.2 Å². The zero-order valence-electron chi connectivity index (χ0n) is 12.2. The Bertz CT molecular complexity index is 570. The minimum Gasteiger partial charge on any atom is -0.378 e. The molecule has 0 heterocycles. The van der Waals surface area contributed by atoms with Crippen LogP contribution in [0.5, 0.6) is 0 Å². The van der Waals surface area contributed by atoms with Crippen LogP contribution in [0, 0.1) is 0 Å². The second-order valence-corrected chi connectivity index (χ2v) is 8.22. The Morgan fingerprint density at radius 1 is 1.19 bits per heavy atom. The van der Waals surface area contributed by atoms with E-state index in [0.717, 1.165) is 13.3 Å². The summed E-state index contributed by atoms with van der Waals surface area (Å²) in [5, 5.41) is 2.54. The van der Waals surface area contributed by atoms with Crippen LogP contribution in [-0.2, 0) is 29.8 Å². The van der Waals surface area contributed by atoms with Crippen LogP contribution >= 0.6 is 0 Å². The monoisotopic (exact) mass is 343 g/mol. The van der Waals surface area contributed by atoms with Crippen LogP contribution in [0.3, 0.4) is 0 Å². The zero-order valence-corrected chi connectivity index (χ0v) is 13.9. The van der Waals surface area contributed by atoms with Gasteiger partial charge in [-0.3, -0.25) is 4.79 Å². The van der Waals surface area contributed by atoms with Gasteiger partial charge in [0.15, 0.2) is 0 Å². The van der Waals surface area contributed by atoms with Gasteiger partial charge in [0, 0.05) is 25.7 Å². The fourth-order valence-corrected chi connectivity index (χ4v) is 3.11. The number of hydrogen-bond acceptors (Lipinski definition) is 6. The number of carbonyl (C=O) groups excluding carboxylic acids is 1. The topological polar surface area (TPSA) is 122 Å². The number of hydrogen-bond donors (Lipinski definition) is 2. The second kappa shape index (κ2) is 8.44. The molecule has 21 heavy (non-hydrogen) atoms. The maximum absolute atomic E-state index is 11.5. The summed E-state index contributed by atoms with van der Waals surface area (Å²) in [6.45, 7) is 5.45. The molecule has 0 spiro atoms. The van der Waals surface area contributed by atoms with Gasteiger partial charge in [-0.1, -0.05) is 10.3 Å². The van der Waals surface area contributed by atoms with Gasteiger partial charge in [-0.05, 0) is 6.92 Å². The van der Waals surface area contributed by atoms with Crippen LogP contribution in [0.2, 0.25) is 0 Å². The highest BCUT2D eigenvalue weighted by Crippen LogP contribution is 1.99. The highest BCUT2D eigenvalue weighted by molar-refractivity contribution is 8.02. The third-order valence-electron chi connectivity index (χ3n) is 2.26. The molecule has 0 saturated heterocycles. The summed E-state index contributed by atoms with van der Waals surface area (Å²) in [6.07, 6.45) is 0.785. The maximum Gasteiger partial charge on any atom is 0.292 e. The number of sulfonamides is 1. The molecule has 0 aromatic rings. The van der Waals surface area contributed by atoms with Crippen LogP contribution in [0.15, 0.2) is 12.2 Å². The van der Waals surface area contributed by atoms with E-state index in [1.807, 2.05) is 0 Å². The van der Waals surface area contributed by atoms with Crippen LogP contribution in [-0.4, -0.2) is 66.1 Å². The Hall–Kier alpha value is -1.01. The molecule has 2 N–H and O–H groups in total. The van der Waals surface area contributed by atoms with Crippen molar-refractivity contribution in [1.82, 2.24) is 13.7 Å². The first-order valence-corrected chi connectivity index (χ1v) is 9.22. The van der Waals surface area contributed by atoms with Gasteiger partial charge >= 0.3 is 0 Å². The molecule has 9 nitrogen and oxygen atoms in total. The molecule has 0 atom stereocenters. The van der Waals surface area contributed by atoms with Crippen molar-refractivity contribution in [3.63, 3.8) is 0 Å². The van der Waals surface area contributed by atoms with E-state index in [-0.39, 0.29) is 35.9 Å². The van der Waals surface area contributed by atoms with Crippen LogP contribution in [0.4, 0.5) is 0 Å². The number of rotatable bonds is 10. The Labute approximate surface area is 125 Å². The molecule has 0 aliphatic carbocycles. The Balaban J connectivity index is 3.92. The van der Waals surface area contributed by atoms with E-state index in [9.17, 15) is 21.6 Å². The number of ether oxygens (including phenoxy) is 1. The predicted molar refractivity (Wildman–Crippen MR) is 78.2 cm³/mol. The lowest BCUT2D eigenvalue weighted by atomic mass is 10.3. The fraction of sp³-hybridized carbons (Fsp3) is 0.700. The van der Waals surface area contributed by atoms with Crippen molar-refractivity contribution in [2.75, 3.05) is 39.6 Å². The normalized spacial score (nSPS) is 12.4. The fourth-order valence-electron chi connectivity index (χ4n) is 1.00. The first kappa shape index (κ1) is 20.0. The highest BCUT2D eigenvalue weighted by Gasteiger charge is 2.25. The summed E-state index contributed by atoms with van der Waals surface area (Å²) in [5.74, 6) is -0.283. The van der Waals surface area contributed by atoms with Gasteiger partial charge in [-0.25, -0.2) is 8.42 Å². The molecular weight excluding hydrogens is 322 g/mol. The number of carbonyl (C=O) groups is 1. The molecule has 1 amide bonds. The van der Waals surface area contributed by atoms with E-state index in [2.05, 4.69) is 16.6 Å². The number of nitrogens with zero attached hydrogens (tertiary/aromatic N) is 1. The lowest BCUT2D eigenvalue weighted by Crippen LogP contribution is -2.42. The summed E-state index contributed by atoms with van der Waals surface area (Å²) in [5.41, 5.74) is 0.381. The van der Waals surface area contributed by atoms with E-state index in [0.29, 0.717) is 5.57 Å².